The summed E-state index contributed by atoms with van der Waals surface area (Å²) in [4.78, 5) is 14.6. The van der Waals surface area contributed by atoms with E-state index >= 15 is 0 Å². The van der Waals surface area contributed by atoms with Crippen LogP contribution in [0.15, 0.2) is 34.8 Å². The maximum absolute atomic E-state index is 12.7. The van der Waals surface area contributed by atoms with Crippen molar-refractivity contribution in [2.75, 3.05) is 6.61 Å². The van der Waals surface area contributed by atoms with Crippen LogP contribution in [0.5, 0.6) is 5.75 Å². The van der Waals surface area contributed by atoms with Crippen molar-refractivity contribution in [2.45, 2.75) is 19.3 Å². The molecule has 1 atom stereocenters. The normalized spacial score (nSPS) is 17.7. The van der Waals surface area contributed by atoms with Crippen LogP contribution in [0.2, 0.25) is 0 Å². The molecule has 0 N–H and O–H groups in total. The van der Waals surface area contributed by atoms with Crippen molar-refractivity contribution in [3.8, 4) is 5.75 Å². The van der Waals surface area contributed by atoms with Gasteiger partial charge in [0.1, 0.15) is 5.75 Å². The fourth-order valence-corrected chi connectivity index (χ4v) is 3.90. The first kappa shape index (κ1) is 12.9. The van der Waals surface area contributed by atoms with Gasteiger partial charge < -0.3 is 4.74 Å². The average molecular weight is 337 g/mol. The zero-order chi connectivity index (χ0) is 13.4. The molecule has 0 bridgehead atoms. The standard InChI is InChI=1S/C15H13BrO2S/c1-9-12(16)8-14(19-9)15(17)11-6-7-18-13-5-3-2-4-10(11)13/h2-5,8,11H,6-7H2,1H3. The van der Waals surface area contributed by atoms with Crippen LogP contribution in [-0.2, 0) is 0 Å². The van der Waals surface area contributed by atoms with E-state index < -0.39 is 0 Å². The van der Waals surface area contributed by atoms with Crippen LogP contribution in [0, 0.1) is 6.92 Å². The number of carbonyl (C=O) groups is 1. The number of benzene rings is 1. The number of hydrogen-bond acceptors (Lipinski definition) is 3. The highest BCUT2D eigenvalue weighted by Gasteiger charge is 2.29. The van der Waals surface area contributed by atoms with Crippen molar-refractivity contribution in [1.29, 1.82) is 0 Å². The van der Waals surface area contributed by atoms with Crippen LogP contribution in [0.25, 0.3) is 0 Å². The van der Waals surface area contributed by atoms with Crippen LogP contribution in [0.3, 0.4) is 0 Å². The largest absolute Gasteiger partial charge is 0.493 e. The Labute approximate surface area is 124 Å². The van der Waals surface area contributed by atoms with Gasteiger partial charge in [0.2, 0.25) is 0 Å². The Bertz CT molecular complexity index is 613. The second kappa shape index (κ2) is 5.10. The molecule has 4 heteroatoms. The first-order valence-electron chi connectivity index (χ1n) is 6.18. The first-order chi connectivity index (χ1) is 9.16. The molecule has 2 nitrogen and oxygen atoms in total. The molecule has 0 saturated heterocycles. The zero-order valence-electron chi connectivity index (χ0n) is 10.5. The Hall–Kier alpha value is -1.13. The molecule has 0 amide bonds. The van der Waals surface area contributed by atoms with E-state index in [1.165, 1.54) is 0 Å². The summed E-state index contributed by atoms with van der Waals surface area (Å²) in [5.74, 6) is 0.976. The zero-order valence-corrected chi connectivity index (χ0v) is 12.9. The van der Waals surface area contributed by atoms with E-state index in [0.717, 1.165) is 32.0 Å². The molecule has 1 aromatic heterocycles. The maximum atomic E-state index is 12.7. The molecule has 19 heavy (non-hydrogen) atoms. The molecule has 3 rings (SSSR count). The summed E-state index contributed by atoms with van der Waals surface area (Å²) in [6.45, 7) is 2.63. The van der Waals surface area contributed by atoms with Crippen molar-refractivity contribution >= 4 is 33.0 Å². The average Bonchev–Trinajstić information content (AvgIpc) is 2.77. The lowest BCUT2D eigenvalue weighted by Gasteiger charge is -2.24. The second-order valence-electron chi connectivity index (χ2n) is 4.61. The minimum absolute atomic E-state index is 0.0742. The molecule has 0 radical (unpaired) electrons. The highest BCUT2D eigenvalue weighted by atomic mass is 79.9. The van der Waals surface area contributed by atoms with Crippen molar-refractivity contribution < 1.29 is 9.53 Å². The summed E-state index contributed by atoms with van der Waals surface area (Å²) in [7, 11) is 0. The Morgan fingerprint density at radius 3 is 2.95 bits per heavy atom. The quantitative estimate of drug-likeness (QED) is 0.751. The minimum atomic E-state index is -0.0742. The summed E-state index contributed by atoms with van der Waals surface area (Å²) in [5, 5.41) is 0. The van der Waals surface area contributed by atoms with Crippen molar-refractivity contribution in [3.63, 3.8) is 0 Å². The smallest absolute Gasteiger partial charge is 0.180 e. The molecule has 2 aromatic rings. The molecule has 1 aromatic carbocycles. The fraction of sp³-hybridized carbons (Fsp3) is 0.267. The van der Waals surface area contributed by atoms with Gasteiger partial charge in [-0.15, -0.1) is 11.3 Å². The Morgan fingerprint density at radius 2 is 2.21 bits per heavy atom. The van der Waals surface area contributed by atoms with E-state index in [-0.39, 0.29) is 11.7 Å². The van der Waals surface area contributed by atoms with Gasteiger partial charge in [0.15, 0.2) is 5.78 Å². The van der Waals surface area contributed by atoms with E-state index in [2.05, 4.69) is 15.9 Å². The molecule has 0 aliphatic carbocycles. The number of hydrogen-bond donors (Lipinski definition) is 0. The third kappa shape index (κ3) is 2.35. The van der Waals surface area contributed by atoms with E-state index in [9.17, 15) is 4.79 Å². The SMILES string of the molecule is Cc1sc(C(=O)C2CCOc3ccccc32)cc1Br. The Balaban J connectivity index is 1.97. The van der Waals surface area contributed by atoms with Crippen LogP contribution in [-0.4, -0.2) is 12.4 Å². The van der Waals surface area contributed by atoms with Gasteiger partial charge in [-0.1, -0.05) is 18.2 Å². The van der Waals surface area contributed by atoms with Gasteiger partial charge in [-0.05, 0) is 41.4 Å². The predicted molar refractivity (Wildman–Crippen MR) is 80.4 cm³/mol. The number of aryl methyl sites for hydroxylation is 1. The molecule has 0 spiro atoms. The number of fused-ring (bicyclic) bond motifs is 1. The fourth-order valence-electron chi connectivity index (χ4n) is 2.37. The first-order valence-corrected chi connectivity index (χ1v) is 7.79. The van der Waals surface area contributed by atoms with E-state index in [0.29, 0.717) is 6.61 Å². The highest BCUT2D eigenvalue weighted by Crippen LogP contribution is 2.37. The third-order valence-electron chi connectivity index (χ3n) is 3.38. The summed E-state index contributed by atoms with van der Waals surface area (Å²) in [5.41, 5.74) is 1.01. The summed E-state index contributed by atoms with van der Waals surface area (Å²) < 4.78 is 6.63. The van der Waals surface area contributed by atoms with Crippen LogP contribution < -0.4 is 4.74 Å². The van der Waals surface area contributed by atoms with Crippen LogP contribution in [0.1, 0.15) is 32.5 Å². The van der Waals surface area contributed by atoms with Gasteiger partial charge >= 0.3 is 0 Å². The molecule has 0 saturated carbocycles. The maximum Gasteiger partial charge on any atom is 0.180 e. The Morgan fingerprint density at radius 1 is 1.42 bits per heavy atom. The highest BCUT2D eigenvalue weighted by molar-refractivity contribution is 9.10. The number of thiophene rings is 1. The molecule has 2 heterocycles. The molecule has 1 aliphatic rings. The monoisotopic (exact) mass is 336 g/mol. The number of ether oxygens (including phenoxy) is 1. The third-order valence-corrected chi connectivity index (χ3v) is 5.53. The summed E-state index contributed by atoms with van der Waals surface area (Å²) >= 11 is 5.03. The molecule has 1 aliphatic heterocycles. The predicted octanol–water partition coefficient (Wildman–Crippen LogP) is 4.57. The lowest BCUT2D eigenvalue weighted by atomic mass is 9.89. The molecule has 98 valence electrons. The molecular weight excluding hydrogens is 324 g/mol. The van der Waals surface area contributed by atoms with Gasteiger partial charge in [-0.25, -0.2) is 0 Å². The number of para-hydroxylation sites is 1. The van der Waals surface area contributed by atoms with E-state index in [1.54, 1.807) is 11.3 Å². The Kier molecular flexibility index (Phi) is 3.46. The second-order valence-corrected chi connectivity index (χ2v) is 6.72. The lowest BCUT2D eigenvalue weighted by molar-refractivity contribution is 0.0937. The molecular formula is C15H13BrO2S. The van der Waals surface area contributed by atoms with Crippen LogP contribution in [0.4, 0.5) is 0 Å². The van der Waals surface area contributed by atoms with Crippen LogP contribution >= 0.6 is 27.3 Å². The van der Waals surface area contributed by atoms with Gasteiger partial charge in [0, 0.05) is 14.9 Å². The molecule has 1 unspecified atom stereocenters. The van der Waals surface area contributed by atoms with Gasteiger partial charge in [0.05, 0.1) is 17.4 Å². The number of rotatable bonds is 2. The van der Waals surface area contributed by atoms with E-state index in [4.69, 9.17) is 4.74 Å². The number of ketones is 1. The minimum Gasteiger partial charge on any atom is -0.493 e. The van der Waals surface area contributed by atoms with Gasteiger partial charge in [0.25, 0.3) is 0 Å². The topological polar surface area (TPSA) is 26.3 Å². The van der Waals surface area contributed by atoms with Gasteiger partial charge in [-0.2, -0.15) is 0 Å². The van der Waals surface area contributed by atoms with Crippen molar-refractivity contribution in [2.24, 2.45) is 0 Å². The number of carbonyl (C=O) groups excluding carboxylic acids is 1. The summed E-state index contributed by atoms with van der Waals surface area (Å²) in [6.07, 6.45) is 0.754. The van der Waals surface area contributed by atoms with Crippen molar-refractivity contribution in [1.82, 2.24) is 0 Å². The number of halogens is 1. The number of Topliss-reactive ketones (excluding diaryl/α,β-unsaturated/α-hetero) is 1. The van der Waals surface area contributed by atoms with Crippen molar-refractivity contribution in [3.05, 3.63) is 50.1 Å². The summed E-state index contributed by atoms with van der Waals surface area (Å²) in [6, 6.07) is 9.76. The van der Waals surface area contributed by atoms with Gasteiger partial charge in [-0.3, -0.25) is 4.79 Å². The molecule has 0 fully saturated rings. The lowest BCUT2D eigenvalue weighted by Crippen LogP contribution is -2.20. The van der Waals surface area contributed by atoms with E-state index in [1.807, 2.05) is 37.3 Å².